The van der Waals surface area contributed by atoms with Gasteiger partial charge in [0.15, 0.2) is 5.69 Å². The van der Waals surface area contributed by atoms with Crippen LogP contribution in [-0.4, -0.2) is 69.5 Å². The first-order valence-electron chi connectivity index (χ1n) is 12.6. The van der Waals surface area contributed by atoms with E-state index in [0.717, 1.165) is 24.3 Å². The predicted octanol–water partition coefficient (Wildman–Crippen LogP) is 2.33. The van der Waals surface area contributed by atoms with Crippen LogP contribution >= 0.6 is 0 Å². The minimum Gasteiger partial charge on any atom is -0.355 e. The van der Waals surface area contributed by atoms with Crippen molar-refractivity contribution in [3.63, 3.8) is 0 Å². The van der Waals surface area contributed by atoms with Gasteiger partial charge in [-0.2, -0.15) is 5.10 Å². The van der Waals surface area contributed by atoms with Crippen LogP contribution in [0.25, 0.3) is 0 Å². The van der Waals surface area contributed by atoms with E-state index < -0.39 is 0 Å². The largest absolute Gasteiger partial charge is 0.355 e. The Morgan fingerprint density at radius 2 is 1.89 bits per heavy atom. The van der Waals surface area contributed by atoms with Crippen LogP contribution in [0.1, 0.15) is 60.8 Å². The average molecular weight is 481 g/mol. The third-order valence-electron chi connectivity index (χ3n) is 7.07. The van der Waals surface area contributed by atoms with Gasteiger partial charge in [-0.3, -0.25) is 24.0 Å². The molecular formula is C26H36N6O3. The highest BCUT2D eigenvalue weighted by Gasteiger charge is 2.29. The number of fused-ring (bicyclic) bond motifs is 1. The fourth-order valence-corrected chi connectivity index (χ4v) is 5.00. The number of hydrogen-bond acceptors (Lipinski definition) is 5. The molecule has 2 aliphatic heterocycles. The van der Waals surface area contributed by atoms with Gasteiger partial charge in [0.25, 0.3) is 5.91 Å². The Hall–Kier alpha value is -3.20. The number of carbonyl (C=O) groups excluding carboxylic acids is 3. The molecule has 1 atom stereocenters. The van der Waals surface area contributed by atoms with Gasteiger partial charge in [-0.15, -0.1) is 0 Å². The van der Waals surface area contributed by atoms with Gasteiger partial charge in [0.1, 0.15) is 0 Å². The van der Waals surface area contributed by atoms with Crippen LogP contribution in [0.5, 0.6) is 0 Å². The summed E-state index contributed by atoms with van der Waals surface area (Å²) in [7, 11) is 1.82. The first-order valence-corrected chi connectivity index (χ1v) is 12.6. The molecule has 3 heterocycles. The number of benzene rings is 1. The van der Waals surface area contributed by atoms with E-state index in [1.165, 1.54) is 19.3 Å². The molecule has 35 heavy (non-hydrogen) atoms. The van der Waals surface area contributed by atoms with Gasteiger partial charge in [0.05, 0.1) is 0 Å². The molecule has 2 aliphatic rings. The number of amides is 3. The standard InChI is InChI=1S/C26H36N6O3/c1-19-8-6-7-15-31(19)17-14-27-23(33)11-12-24(34)32-16-13-22-21(18-32)25(29-30(22)2)26(35)28-20-9-4-3-5-10-20/h3-5,9-10,19H,6-8,11-18H2,1-2H3,(H,27,33)(H,28,35)/t19-/m1/s1. The normalized spacial score (nSPS) is 18.1. The predicted molar refractivity (Wildman–Crippen MR) is 134 cm³/mol. The zero-order valence-corrected chi connectivity index (χ0v) is 20.8. The highest BCUT2D eigenvalue weighted by atomic mass is 16.2. The first-order chi connectivity index (χ1) is 16.9. The number of piperidine rings is 1. The molecule has 1 aromatic heterocycles. The third-order valence-corrected chi connectivity index (χ3v) is 7.07. The highest BCUT2D eigenvalue weighted by Crippen LogP contribution is 2.24. The van der Waals surface area contributed by atoms with E-state index in [-0.39, 0.29) is 30.6 Å². The summed E-state index contributed by atoms with van der Waals surface area (Å²) in [6.45, 7) is 5.67. The molecule has 0 aliphatic carbocycles. The van der Waals surface area contributed by atoms with Gasteiger partial charge in [0, 0.05) is 75.5 Å². The van der Waals surface area contributed by atoms with E-state index in [1.54, 1.807) is 9.58 Å². The van der Waals surface area contributed by atoms with Gasteiger partial charge in [0.2, 0.25) is 11.8 Å². The Morgan fingerprint density at radius 1 is 1.09 bits per heavy atom. The van der Waals surface area contributed by atoms with Gasteiger partial charge in [-0.1, -0.05) is 24.6 Å². The van der Waals surface area contributed by atoms with E-state index >= 15 is 0 Å². The quantitative estimate of drug-likeness (QED) is 0.604. The van der Waals surface area contributed by atoms with Crippen LogP contribution in [0.3, 0.4) is 0 Å². The number of aryl methyl sites for hydroxylation is 1. The SMILES string of the molecule is C[C@@H]1CCCCN1CCNC(=O)CCC(=O)N1CCc2c(c(C(=O)Nc3ccccc3)nn2C)C1. The van der Waals surface area contributed by atoms with Gasteiger partial charge in [-0.25, -0.2) is 0 Å². The molecule has 0 radical (unpaired) electrons. The van der Waals surface area contributed by atoms with Crippen molar-refractivity contribution in [3.05, 3.63) is 47.3 Å². The second-order valence-corrected chi connectivity index (χ2v) is 9.51. The van der Waals surface area contributed by atoms with Gasteiger partial charge < -0.3 is 15.5 Å². The molecule has 9 nitrogen and oxygen atoms in total. The van der Waals surface area contributed by atoms with Crippen molar-refractivity contribution in [2.75, 3.05) is 31.5 Å². The summed E-state index contributed by atoms with van der Waals surface area (Å²) >= 11 is 0. The topological polar surface area (TPSA) is 99.6 Å². The monoisotopic (exact) mass is 480 g/mol. The number of anilines is 1. The molecule has 9 heteroatoms. The number of nitrogens with one attached hydrogen (secondary N) is 2. The van der Waals surface area contributed by atoms with E-state index in [0.29, 0.717) is 43.5 Å². The molecule has 2 aromatic rings. The maximum atomic E-state index is 12.9. The second-order valence-electron chi connectivity index (χ2n) is 9.51. The Kier molecular flexibility index (Phi) is 8.17. The third kappa shape index (κ3) is 6.28. The molecule has 0 saturated carbocycles. The van der Waals surface area contributed by atoms with Crippen LogP contribution in [0.4, 0.5) is 5.69 Å². The van der Waals surface area contributed by atoms with Crippen LogP contribution in [-0.2, 0) is 29.6 Å². The fraction of sp³-hybridized carbons (Fsp3) is 0.538. The molecule has 1 fully saturated rings. The van der Waals surface area contributed by atoms with Crippen LogP contribution in [0.2, 0.25) is 0 Å². The minimum atomic E-state index is -0.287. The molecule has 0 spiro atoms. The lowest BCUT2D eigenvalue weighted by molar-refractivity contribution is -0.134. The van der Waals surface area contributed by atoms with Crippen molar-refractivity contribution in [1.82, 2.24) is 24.9 Å². The van der Waals surface area contributed by atoms with Crippen molar-refractivity contribution in [2.45, 2.75) is 58.0 Å². The Bertz CT molecular complexity index is 1050. The summed E-state index contributed by atoms with van der Waals surface area (Å²) in [5.41, 5.74) is 2.78. The van der Waals surface area contributed by atoms with Crippen molar-refractivity contribution >= 4 is 23.4 Å². The van der Waals surface area contributed by atoms with E-state index in [4.69, 9.17) is 0 Å². The molecule has 188 valence electrons. The summed E-state index contributed by atoms with van der Waals surface area (Å²) in [4.78, 5) is 42.2. The van der Waals surface area contributed by atoms with Gasteiger partial charge >= 0.3 is 0 Å². The lowest BCUT2D eigenvalue weighted by atomic mass is 10.0. The van der Waals surface area contributed by atoms with Crippen molar-refractivity contribution in [3.8, 4) is 0 Å². The fourth-order valence-electron chi connectivity index (χ4n) is 5.00. The number of para-hydroxylation sites is 1. The van der Waals surface area contributed by atoms with Crippen molar-refractivity contribution in [1.29, 1.82) is 0 Å². The van der Waals surface area contributed by atoms with E-state index in [9.17, 15) is 14.4 Å². The van der Waals surface area contributed by atoms with Gasteiger partial charge in [-0.05, 0) is 38.4 Å². The maximum absolute atomic E-state index is 12.9. The Balaban J connectivity index is 1.27. The van der Waals surface area contributed by atoms with Crippen molar-refractivity contribution < 1.29 is 14.4 Å². The summed E-state index contributed by atoms with van der Waals surface area (Å²) in [5, 5.41) is 10.3. The van der Waals surface area contributed by atoms with E-state index in [2.05, 4.69) is 27.6 Å². The van der Waals surface area contributed by atoms with Crippen molar-refractivity contribution in [2.24, 2.45) is 7.05 Å². The minimum absolute atomic E-state index is 0.0753. The maximum Gasteiger partial charge on any atom is 0.276 e. The lowest BCUT2D eigenvalue weighted by Gasteiger charge is -2.33. The number of aromatic nitrogens is 2. The van der Waals surface area contributed by atoms with E-state index in [1.807, 2.05) is 37.4 Å². The number of likely N-dealkylation sites (tertiary alicyclic amines) is 1. The summed E-state index contributed by atoms with van der Waals surface area (Å²) in [5.74, 6) is -0.455. The molecule has 3 amide bonds. The highest BCUT2D eigenvalue weighted by molar-refractivity contribution is 6.04. The lowest BCUT2D eigenvalue weighted by Crippen LogP contribution is -2.42. The zero-order chi connectivity index (χ0) is 24.8. The Morgan fingerprint density at radius 3 is 2.66 bits per heavy atom. The Labute approximate surface area is 206 Å². The molecule has 1 aromatic carbocycles. The van der Waals surface area contributed by atoms with Crippen LogP contribution in [0.15, 0.2) is 30.3 Å². The van der Waals surface area contributed by atoms with Crippen LogP contribution in [0, 0.1) is 0 Å². The average Bonchev–Trinajstić information content (AvgIpc) is 3.20. The summed E-state index contributed by atoms with van der Waals surface area (Å²) in [6, 6.07) is 9.81. The molecular weight excluding hydrogens is 444 g/mol. The second kappa shape index (κ2) is 11.5. The molecule has 0 bridgehead atoms. The number of rotatable bonds is 8. The summed E-state index contributed by atoms with van der Waals surface area (Å²) < 4.78 is 1.73. The number of nitrogens with zero attached hydrogens (tertiary/aromatic N) is 4. The number of carbonyl (C=O) groups is 3. The molecule has 4 rings (SSSR count). The number of hydrogen-bond donors (Lipinski definition) is 2. The summed E-state index contributed by atoms with van der Waals surface area (Å²) in [6.07, 6.45) is 4.68. The van der Waals surface area contributed by atoms with Crippen LogP contribution < -0.4 is 10.6 Å². The first kappa shape index (κ1) is 24.9. The molecule has 2 N–H and O–H groups in total. The molecule has 1 saturated heterocycles. The smallest absolute Gasteiger partial charge is 0.276 e. The molecule has 0 unspecified atom stereocenters. The zero-order valence-electron chi connectivity index (χ0n) is 20.8.